The summed E-state index contributed by atoms with van der Waals surface area (Å²) in [5.74, 6) is 0.894. The van der Waals surface area contributed by atoms with Crippen LogP contribution < -0.4 is 0 Å². The smallest absolute Gasteiger partial charge is 0.177 e. The van der Waals surface area contributed by atoms with Gasteiger partial charge in [-0.3, -0.25) is 5.10 Å². The fourth-order valence-corrected chi connectivity index (χ4v) is 1.28. The SMILES string of the molecule is Cc1nnc2cc(C(C)(C)C)[nH]n12. The summed E-state index contributed by atoms with van der Waals surface area (Å²) in [6.07, 6.45) is 0. The highest BCUT2D eigenvalue weighted by atomic mass is 15.4. The largest absolute Gasteiger partial charge is 0.295 e. The first-order chi connectivity index (χ1) is 5.98. The molecule has 4 nitrogen and oxygen atoms in total. The number of hydrogen-bond acceptors (Lipinski definition) is 2. The number of H-pyrrole nitrogens is 1. The molecule has 0 unspecified atom stereocenters. The van der Waals surface area contributed by atoms with Gasteiger partial charge in [0.05, 0.1) is 0 Å². The van der Waals surface area contributed by atoms with Crippen LogP contribution in [0, 0.1) is 6.92 Å². The van der Waals surface area contributed by atoms with Crippen molar-refractivity contribution in [2.45, 2.75) is 33.1 Å². The number of hydrogen-bond donors (Lipinski definition) is 1. The second-order valence-electron chi connectivity index (χ2n) is 4.36. The van der Waals surface area contributed by atoms with Gasteiger partial charge in [-0.2, -0.15) is 0 Å². The summed E-state index contributed by atoms with van der Waals surface area (Å²) in [6, 6.07) is 2.04. The van der Waals surface area contributed by atoms with Crippen molar-refractivity contribution in [3.8, 4) is 0 Å². The summed E-state index contributed by atoms with van der Waals surface area (Å²) in [7, 11) is 0. The third-order valence-electron chi connectivity index (χ3n) is 2.16. The summed E-state index contributed by atoms with van der Waals surface area (Å²) < 4.78 is 1.90. The standard InChI is InChI=1S/C9H14N4/c1-6-10-11-8-5-7(9(2,3)4)12-13(6)8/h5,12H,1-4H3. The van der Waals surface area contributed by atoms with Crippen molar-refractivity contribution >= 4 is 5.65 Å². The summed E-state index contributed by atoms with van der Waals surface area (Å²) in [4.78, 5) is 0. The molecule has 2 rings (SSSR count). The zero-order valence-electron chi connectivity index (χ0n) is 8.42. The lowest BCUT2D eigenvalue weighted by atomic mass is 9.93. The van der Waals surface area contributed by atoms with Gasteiger partial charge in [0.2, 0.25) is 0 Å². The summed E-state index contributed by atoms with van der Waals surface area (Å²) in [6.45, 7) is 8.44. The van der Waals surface area contributed by atoms with E-state index >= 15 is 0 Å². The van der Waals surface area contributed by atoms with E-state index in [9.17, 15) is 0 Å². The maximum atomic E-state index is 4.03. The lowest BCUT2D eigenvalue weighted by molar-refractivity contribution is 0.561. The first kappa shape index (κ1) is 8.29. The van der Waals surface area contributed by atoms with Gasteiger partial charge in [-0.25, -0.2) is 4.52 Å². The van der Waals surface area contributed by atoms with Crippen LogP contribution in [-0.4, -0.2) is 19.8 Å². The Hall–Kier alpha value is -1.32. The van der Waals surface area contributed by atoms with Gasteiger partial charge in [-0.15, -0.1) is 10.2 Å². The second-order valence-corrected chi connectivity index (χ2v) is 4.36. The van der Waals surface area contributed by atoms with Crippen LogP contribution in [-0.2, 0) is 5.41 Å². The van der Waals surface area contributed by atoms with E-state index in [0.717, 1.165) is 11.5 Å². The Morgan fingerprint density at radius 1 is 1.31 bits per heavy atom. The minimum atomic E-state index is 0.132. The number of aryl methyl sites for hydroxylation is 1. The Morgan fingerprint density at radius 3 is 2.54 bits per heavy atom. The van der Waals surface area contributed by atoms with E-state index in [4.69, 9.17) is 0 Å². The van der Waals surface area contributed by atoms with Gasteiger partial charge in [-0.05, 0) is 6.92 Å². The molecule has 0 aliphatic heterocycles. The predicted molar refractivity (Wildman–Crippen MR) is 50.8 cm³/mol. The molecular weight excluding hydrogens is 164 g/mol. The maximum Gasteiger partial charge on any atom is 0.177 e. The fraction of sp³-hybridized carbons (Fsp3) is 0.556. The molecule has 0 bridgehead atoms. The summed E-state index contributed by atoms with van der Waals surface area (Å²) in [5.41, 5.74) is 2.20. The minimum Gasteiger partial charge on any atom is -0.295 e. The highest BCUT2D eigenvalue weighted by molar-refractivity contribution is 5.40. The van der Waals surface area contributed by atoms with Crippen molar-refractivity contribution in [2.75, 3.05) is 0 Å². The Morgan fingerprint density at radius 2 is 2.00 bits per heavy atom. The Kier molecular flexibility index (Phi) is 1.49. The maximum absolute atomic E-state index is 4.03. The van der Waals surface area contributed by atoms with Gasteiger partial charge in [-0.1, -0.05) is 20.8 Å². The molecule has 1 N–H and O–H groups in total. The van der Waals surface area contributed by atoms with Crippen LogP contribution >= 0.6 is 0 Å². The van der Waals surface area contributed by atoms with Gasteiger partial charge in [0.15, 0.2) is 5.65 Å². The van der Waals surface area contributed by atoms with E-state index in [0.29, 0.717) is 0 Å². The Balaban J connectivity index is 2.63. The molecular formula is C9H14N4. The molecule has 0 atom stereocenters. The molecule has 2 aromatic rings. The number of nitrogens with one attached hydrogen (secondary N) is 1. The lowest BCUT2D eigenvalue weighted by Gasteiger charge is -2.15. The quantitative estimate of drug-likeness (QED) is 0.667. The average molecular weight is 178 g/mol. The third kappa shape index (κ3) is 1.22. The van der Waals surface area contributed by atoms with Crippen LogP contribution in [0.4, 0.5) is 0 Å². The molecule has 2 heterocycles. The number of rotatable bonds is 0. The fourth-order valence-electron chi connectivity index (χ4n) is 1.28. The topological polar surface area (TPSA) is 46.0 Å². The van der Waals surface area contributed by atoms with Gasteiger partial charge in [0, 0.05) is 17.2 Å². The van der Waals surface area contributed by atoms with Crippen LogP contribution in [0.1, 0.15) is 32.3 Å². The van der Waals surface area contributed by atoms with E-state index in [1.54, 1.807) is 0 Å². The van der Waals surface area contributed by atoms with Gasteiger partial charge in [0.1, 0.15) is 5.82 Å². The van der Waals surface area contributed by atoms with Crippen molar-refractivity contribution in [1.82, 2.24) is 19.8 Å². The Labute approximate surface area is 77.0 Å². The normalized spacial score (nSPS) is 12.6. The predicted octanol–water partition coefficient (Wildman–Crippen LogP) is 1.66. The van der Waals surface area contributed by atoms with Crippen molar-refractivity contribution in [1.29, 1.82) is 0 Å². The molecule has 0 amide bonds. The molecule has 0 saturated heterocycles. The zero-order valence-corrected chi connectivity index (χ0v) is 8.42. The van der Waals surface area contributed by atoms with Crippen molar-refractivity contribution in [2.24, 2.45) is 0 Å². The van der Waals surface area contributed by atoms with E-state index in [-0.39, 0.29) is 5.41 Å². The average Bonchev–Trinajstić information content (AvgIpc) is 2.51. The minimum absolute atomic E-state index is 0.132. The molecule has 0 spiro atoms. The van der Waals surface area contributed by atoms with Crippen LogP contribution in [0.15, 0.2) is 6.07 Å². The van der Waals surface area contributed by atoms with Crippen LogP contribution in [0.3, 0.4) is 0 Å². The van der Waals surface area contributed by atoms with Gasteiger partial charge in [0.25, 0.3) is 0 Å². The van der Waals surface area contributed by atoms with Crippen LogP contribution in [0.2, 0.25) is 0 Å². The molecule has 13 heavy (non-hydrogen) atoms. The van der Waals surface area contributed by atoms with E-state index < -0.39 is 0 Å². The number of nitrogens with zero attached hydrogens (tertiary/aromatic N) is 3. The molecule has 0 fully saturated rings. The monoisotopic (exact) mass is 178 g/mol. The summed E-state index contributed by atoms with van der Waals surface area (Å²) in [5, 5.41) is 11.3. The molecule has 4 heteroatoms. The van der Waals surface area contributed by atoms with E-state index in [1.807, 2.05) is 17.5 Å². The number of aromatic amines is 1. The lowest BCUT2D eigenvalue weighted by Crippen LogP contribution is -2.12. The molecule has 0 aliphatic rings. The number of fused-ring (bicyclic) bond motifs is 1. The first-order valence-corrected chi connectivity index (χ1v) is 4.40. The van der Waals surface area contributed by atoms with Crippen molar-refractivity contribution in [3.05, 3.63) is 17.6 Å². The third-order valence-corrected chi connectivity index (χ3v) is 2.16. The molecule has 2 aromatic heterocycles. The van der Waals surface area contributed by atoms with Gasteiger partial charge >= 0.3 is 0 Å². The molecule has 0 radical (unpaired) electrons. The highest BCUT2D eigenvalue weighted by Crippen LogP contribution is 2.21. The van der Waals surface area contributed by atoms with E-state index in [1.165, 1.54) is 5.69 Å². The van der Waals surface area contributed by atoms with Crippen molar-refractivity contribution < 1.29 is 0 Å². The molecule has 0 saturated carbocycles. The van der Waals surface area contributed by atoms with E-state index in [2.05, 4.69) is 36.1 Å². The van der Waals surface area contributed by atoms with Gasteiger partial charge < -0.3 is 0 Å². The highest BCUT2D eigenvalue weighted by Gasteiger charge is 2.17. The summed E-state index contributed by atoms with van der Waals surface area (Å²) >= 11 is 0. The molecule has 70 valence electrons. The zero-order chi connectivity index (χ0) is 9.64. The molecule has 0 aromatic carbocycles. The number of aromatic nitrogens is 4. The first-order valence-electron chi connectivity index (χ1n) is 4.40. The molecule has 0 aliphatic carbocycles. The van der Waals surface area contributed by atoms with Crippen LogP contribution in [0.5, 0.6) is 0 Å². The second kappa shape index (κ2) is 2.34. The Bertz CT molecular complexity index is 430. The van der Waals surface area contributed by atoms with Crippen molar-refractivity contribution in [3.63, 3.8) is 0 Å². The van der Waals surface area contributed by atoms with Crippen LogP contribution in [0.25, 0.3) is 5.65 Å².